The van der Waals surface area contributed by atoms with Gasteiger partial charge in [0.15, 0.2) is 0 Å². The average molecular weight is 276 g/mol. The van der Waals surface area contributed by atoms with Gasteiger partial charge in [-0.2, -0.15) is 5.10 Å². The second kappa shape index (κ2) is 6.15. The van der Waals surface area contributed by atoms with Crippen LogP contribution in [0.1, 0.15) is 22.7 Å². The minimum absolute atomic E-state index is 0.00842. The quantitative estimate of drug-likeness (QED) is 0.908. The minimum Gasteiger partial charge on any atom is -0.329 e. The van der Waals surface area contributed by atoms with Gasteiger partial charge in [-0.15, -0.1) is 0 Å². The summed E-state index contributed by atoms with van der Waals surface area (Å²) in [6, 6.07) is 4.84. The van der Waals surface area contributed by atoms with Crippen LogP contribution in [0.2, 0.25) is 0 Å². The fourth-order valence-corrected chi connectivity index (χ4v) is 2.47. The van der Waals surface area contributed by atoms with Gasteiger partial charge in [-0.25, -0.2) is 4.39 Å². The number of benzene rings is 1. The van der Waals surface area contributed by atoms with Crippen LogP contribution in [-0.4, -0.2) is 28.3 Å². The molecule has 0 bridgehead atoms. The Morgan fingerprint density at radius 1 is 1.45 bits per heavy atom. The van der Waals surface area contributed by atoms with Crippen molar-refractivity contribution in [2.75, 3.05) is 13.6 Å². The Hall–Kier alpha value is -1.72. The molecule has 0 aliphatic carbocycles. The van der Waals surface area contributed by atoms with Crippen molar-refractivity contribution in [2.45, 2.75) is 19.5 Å². The molecule has 5 heteroatoms. The molecule has 1 unspecified atom stereocenters. The Balaban J connectivity index is 2.20. The predicted molar refractivity (Wildman–Crippen MR) is 77.6 cm³/mol. The van der Waals surface area contributed by atoms with E-state index < -0.39 is 0 Å². The summed E-state index contributed by atoms with van der Waals surface area (Å²) < 4.78 is 15.2. The lowest BCUT2D eigenvalue weighted by atomic mass is 10.00. The number of aromatic nitrogens is 2. The minimum atomic E-state index is -0.223. The van der Waals surface area contributed by atoms with Crippen LogP contribution < -0.4 is 5.73 Å². The number of halogens is 1. The van der Waals surface area contributed by atoms with Crippen molar-refractivity contribution >= 4 is 0 Å². The number of rotatable bonds is 5. The molecule has 0 radical (unpaired) electrons. The van der Waals surface area contributed by atoms with Crippen LogP contribution in [-0.2, 0) is 13.6 Å². The molecule has 1 heterocycles. The molecule has 1 atom stereocenters. The maximum atomic E-state index is 13.5. The largest absolute Gasteiger partial charge is 0.329 e. The summed E-state index contributed by atoms with van der Waals surface area (Å²) in [7, 11) is 3.88. The number of hydrogen-bond acceptors (Lipinski definition) is 3. The summed E-state index contributed by atoms with van der Waals surface area (Å²) in [6.07, 6.45) is 3.81. The number of aryl methyl sites for hydroxylation is 2. The van der Waals surface area contributed by atoms with Gasteiger partial charge in [0.2, 0.25) is 0 Å². The summed E-state index contributed by atoms with van der Waals surface area (Å²) in [5.74, 6) is -0.223. The van der Waals surface area contributed by atoms with Crippen LogP contribution in [0.5, 0.6) is 0 Å². The molecule has 0 saturated carbocycles. The topological polar surface area (TPSA) is 47.1 Å². The molecule has 0 fully saturated rings. The first kappa shape index (κ1) is 14.7. The van der Waals surface area contributed by atoms with E-state index in [9.17, 15) is 4.39 Å². The van der Waals surface area contributed by atoms with Crippen LogP contribution in [0.4, 0.5) is 4.39 Å². The van der Waals surface area contributed by atoms with Crippen molar-refractivity contribution in [3.8, 4) is 0 Å². The lowest BCUT2D eigenvalue weighted by Gasteiger charge is -2.28. The second-order valence-corrected chi connectivity index (χ2v) is 5.19. The first-order chi connectivity index (χ1) is 9.51. The monoisotopic (exact) mass is 276 g/mol. The van der Waals surface area contributed by atoms with Crippen molar-refractivity contribution in [3.63, 3.8) is 0 Å². The van der Waals surface area contributed by atoms with E-state index in [1.165, 1.54) is 6.07 Å². The second-order valence-electron chi connectivity index (χ2n) is 5.19. The van der Waals surface area contributed by atoms with Crippen molar-refractivity contribution in [1.82, 2.24) is 14.7 Å². The number of likely N-dealkylation sites (N-methyl/N-ethyl adjacent to an activating group) is 1. The van der Waals surface area contributed by atoms with E-state index in [0.717, 1.165) is 23.2 Å². The van der Waals surface area contributed by atoms with Gasteiger partial charge in [-0.3, -0.25) is 9.58 Å². The number of nitrogens with two attached hydrogens (primary N) is 1. The van der Waals surface area contributed by atoms with Crippen LogP contribution in [0.25, 0.3) is 0 Å². The van der Waals surface area contributed by atoms with E-state index in [1.54, 1.807) is 16.8 Å². The Labute approximate surface area is 119 Å². The highest BCUT2D eigenvalue weighted by Gasteiger charge is 2.18. The zero-order valence-corrected chi connectivity index (χ0v) is 12.2. The molecule has 2 aromatic rings. The van der Waals surface area contributed by atoms with E-state index in [4.69, 9.17) is 5.73 Å². The van der Waals surface area contributed by atoms with Crippen molar-refractivity contribution in [2.24, 2.45) is 12.8 Å². The summed E-state index contributed by atoms with van der Waals surface area (Å²) >= 11 is 0. The first-order valence-corrected chi connectivity index (χ1v) is 6.65. The van der Waals surface area contributed by atoms with Crippen LogP contribution in [0.15, 0.2) is 30.6 Å². The lowest BCUT2D eigenvalue weighted by molar-refractivity contribution is 0.240. The Bertz CT molecular complexity index is 579. The van der Waals surface area contributed by atoms with Crippen molar-refractivity contribution in [1.29, 1.82) is 0 Å². The molecule has 1 aromatic carbocycles. The van der Waals surface area contributed by atoms with E-state index in [2.05, 4.69) is 10.00 Å². The highest BCUT2D eigenvalue weighted by Crippen LogP contribution is 2.24. The number of nitrogens with zero attached hydrogens (tertiary/aromatic N) is 3. The molecule has 0 spiro atoms. The summed E-state index contributed by atoms with van der Waals surface area (Å²) in [6.45, 7) is 3.15. The molecular formula is C15H21FN4. The molecule has 0 aliphatic heterocycles. The van der Waals surface area contributed by atoms with Crippen molar-refractivity contribution < 1.29 is 4.39 Å². The molecule has 0 saturated heterocycles. The fourth-order valence-electron chi connectivity index (χ4n) is 2.47. The third-order valence-corrected chi connectivity index (χ3v) is 3.55. The standard InChI is InChI=1S/C15H21FN4/c1-11-4-5-13(16)6-14(11)15(7-17)19(2)9-12-8-18-20(3)10-12/h4-6,8,10,15H,7,9,17H2,1-3H3. The van der Waals surface area contributed by atoms with Gasteiger partial charge in [-0.05, 0) is 37.2 Å². The molecular weight excluding hydrogens is 255 g/mol. The SMILES string of the molecule is Cc1ccc(F)cc1C(CN)N(C)Cc1cnn(C)c1. The van der Waals surface area contributed by atoms with E-state index in [0.29, 0.717) is 6.54 Å². The zero-order chi connectivity index (χ0) is 14.7. The van der Waals surface area contributed by atoms with E-state index in [-0.39, 0.29) is 11.9 Å². The Morgan fingerprint density at radius 2 is 2.20 bits per heavy atom. The van der Waals surface area contributed by atoms with Gasteiger partial charge in [0, 0.05) is 37.9 Å². The molecule has 0 aliphatic rings. The smallest absolute Gasteiger partial charge is 0.123 e. The first-order valence-electron chi connectivity index (χ1n) is 6.65. The summed E-state index contributed by atoms with van der Waals surface area (Å²) in [5.41, 5.74) is 9.01. The highest BCUT2D eigenvalue weighted by atomic mass is 19.1. The van der Waals surface area contributed by atoms with E-state index >= 15 is 0 Å². The zero-order valence-electron chi connectivity index (χ0n) is 12.2. The Kier molecular flexibility index (Phi) is 4.52. The third-order valence-electron chi connectivity index (χ3n) is 3.55. The van der Waals surface area contributed by atoms with Gasteiger partial charge in [0.25, 0.3) is 0 Å². The molecule has 4 nitrogen and oxygen atoms in total. The average Bonchev–Trinajstić information content (AvgIpc) is 2.80. The molecule has 0 amide bonds. The lowest BCUT2D eigenvalue weighted by Crippen LogP contribution is -2.30. The van der Waals surface area contributed by atoms with E-state index in [1.807, 2.05) is 33.4 Å². The fraction of sp³-hybridized carbons (Fsp3) is 0.400. The van der Waals surface area contributed by atoms with Crippen LogP contribution in [0.3, 0.4) is 0 Å². The molecule has 2 rings (SSSR count). The molecule has 1 aromatic heterocycles. The number of hydrogen-bond donors (Lipinski definition) is 1. The van der Waals surface area contributed by atoms with Crippen LogP contribution in [0, 0.1) is 12.7 Å². The summed E-state index contributed by atoms with van der Waals surface area (Å²) in [5, 5.41) is 4.16. The maximum Gasteiger partial charge on any atom is 0.123 e. The molecule has 108 valence electrons. The highest BCUT2D eigenvalue weighted by molar-refractivity contribution is 5.30. The molecule has 20 heavy (non-hydrogen) atoms. The van der Waals surface area contributed by atoms with Gasteiger partial charge in [0.1, 0.15) is 5.82 Å². The van der Waals surface area contributed by atoms with Crippen molar-refractivity contribution in [3.05, 3.63) is 53.1 Å². The van der Waals surface area contributed by atoms with Gasteiger partial charge >= 0.3 is 0 Å². The predicted octanol–water partition coefficient (Wildman–Crippen LogP) is 2.00. The normalized spacial score (nSPS) is 12.9. The van der Waals surface area contributed by atoms with Crippen LogP contribution >= 0.6 is 0 Å². The maximum absolute atomic E-state index is 13.5. The summed E-state index contributed by atoms with van der Waals surface area (Å²) in [4.78, 5) is 2.12. The van der Waals surface area contributed by atoms with Gasteiger partial charge < -0.3 is 5.73 Å². The molecule has 2 N–H and O–H groups in total. The third kappa shape index (κ3) is 3.23. The Morgan fingerprint density at radius 3 is 2.80 bits per heavy atom. The van der Waals surface area contributed by atoms with Gasteiger partial charge in [-0.1, -0.05) is 6.07 Å². The van der Waals surface area contributed by atoms with Gasteiger partial charge in [0.05, 0.1) is 6.20 Å².